The molecule has 0 atom stereocenters. The summed E-state index contributed by atoms with van der Waals surface area (Å²) in [6, 6.07) is 10.1. The fourth-order valence-corrected chi connectivity index (χ4v) is 2.17. The van der Waals surface area contributed by atoms with Crippen molar-refractivity contribution in [1.29, 1.82) is 0 Å². The molecule has 0 saturated heterocycles. The van der Waals surface area contributed by atoms with Crippen LogP contribution in [0.1, 0.15) is 11.3 Å². The Bertz CT molecular complexity index is 507. The summed E-state index contributed by atoms with van der Waals surface area (Å²) in [5.41, 5.74) is 2.34. The number of methoxy groups -OCH3 is 1. The summed E-state index contributed by atoms with van der Waals surface area (Å²) in [6.07, 6.45) is 0.972. The van der Waals surface area contributed by atoms with E-state index in [2.05, 4.69) is 11.4 Å². The van der Waals surface area contributed by atoms with Crippen LogP contribution in [0.3, 0.4) is 0 Å². The first-order chi connectivity index (χ1) is 8.36. The molecule has 3 heteroatoms. The number of benzene rings is 1. The standard InChI is InChI=1S/C14H15NO2/c1-16-12-4-2-3-10(7-12)14-8-11-9-15-6-5-13(11)17-14/h2-4,7-8,15H,5-6,9H2,1H3. The highest BCUT2D eigenvalue weighted by atomic mass is 16.5. The van der Waals surface area contributed by atoms with E-state index < -0.39 is 0 Å². The van der Waals surface area contributed by atoms with Crippen LogP contribution in [0, 0.1) is 0 Å². The Labute approximate surface area is 100 Å². The van der Waals surface area contributed by atoms with Crippen molar-refractivity contribution in [3.63, 3.8) is 0 Å². The van der Waals surface area contributed by atoms with Crippen LogP contribution in [0.15, 0.2) is 34.7 Å². The predicted octanol–water partition coefficient (Wildman–Crippen LogP) is 2.60. The largest absolute Gasteiger partial charge is 0.497 e. The van der Waals surface area contributed by atoms with E-state index in [1.165, 1.54) is 5.56 Å². The second-order valence-electron chi connectivity index (χ2n) is 4.22. The van der Waals surface area contributed by atoms with Crippen LogP contribution in [0.4, 0.5) is 0 Å². The fraction of sp³-hybridized carbons (Fsp3) is 0.286. The van der Waals surface area contributed by atoms with E-state index in [0.717, 1.165) is 42.3 Å². The molecule has 1 aliphatic rings. The molecule has 0 bridgehead atoms. The van der Waals surface area contributed by atoms with Gasteiger partial charge in [0.1, 0.15) is 17.3 Å². The molecule has 1 aromatic carbocycles. The number of ether oxygens (including phenoxy) is 1. The van der Waals surface area contributed by atoms with Gasteiger partial charge in [-0.3, -0.25) is 0 Å². The molecular weight excluding hydrogens is 214 g/mol. The molecule has 0 unspecified atom stereocenters. The van der Waals surface area contributed by atoms with Crippen molar-refractivity contribution < 1.29 is 9.15 Å². The van der Waals surface area contributed by atoms with Gasteiger partial charge in [-0.2, -0.15) is 0 Å². The third-order valence-electron chi connectivity index (χ3n) is 3.10. The van der Waals surface area contributed by atoms with E-state index in [-0.39, 0.29) is 0 Å². The number of nitrogens with one attached hydrogen (secondary N) is 1. The Morgan fingerprint density at radius 2 is 2.24 bits per heavy atom. The topological polar surface area (TPSA) is 34.4 Å². The Balaban J connectivity index is 2.00. The van der Waals surface area contributed by atoms with Crippen molar-refractivity contribution in [2.75, 3.05) is 13.7 Å². The Hall–Kier alpha value is -1.74. The van der Waals surface area contributed by atoms with Crippen LogP contribution in [-0.4, -0.2) is 13.7 Å². The molecule has 17 heavy (non-hydrogen) atoms. The minimum atomic E-state index is 0.856. The van der Waals surface area contributed by atoms with Gasteiger partial charge in [-0.15, -0.1) is 0 Å². The zero-order valence-electron chi connectivity index (χ0n) is 9.82. The van der Waals surface area contributed by atoms with Gasteiger partial charge < -0.3 is 14.5 Å². The lowest BCUT2D eigenvalue weighted by Crippen LogP contribution is -2.22. The molecule has 1 aromatic heterocycles. The van der Waals surface area contributed by atoms with Crippen LogP contribution < -0.4 is 10.1 Å². The summed E-state index contributed by atoms with van der Waals surface area (Å²) < 4.78 is 11.1. The number of rotatable bonds is 2. The zero-order valence-corrected chi connectivity index (χ0v) is 9.82. The van der Waals surface area contributed by atoms with E-state index in [0.29, 0.717) is 0 Å². The number of furan rings is 1. The summed E-state index contributed by atoms with van der Waals surface area (Å²) in [4.78, 5) is 0. The average Bonchev–Trinajstić information content (AvgIpc) is 2.82. The second-order valence-corrected chi connectivity index (χ2v) is 4.22. The van der Waals surface area contributed by atoms with Crippen molar-refractivity contribution in [2.45, 2.75) is 13.0 Å². The summed E-state index contributed by atoms with van der Waals surface area (Å²) in [5, 5.41) is 3.34. The average molecular weight is 229 g/mol. The maximum absolute atomic E-state index is 5.90. The van der Waals surface area contributed by atoms with Gasteiger partial charge in [0.2, 0.25) is 0 Å². The predicted molar refractivity (Wildman–Crippen MR) is 66.1 cm³/mol. The molecule has 0 saturated carbocycles. The van der Waals surface area contributed by atoms with Crippen molar-refractivity contribution in [1.82, 2.24) is 5.32 Å². The molecule has 0 radical (unpaired) electrons. The molecule has 88 valence electrons. The lowest BCUT2D eigenvalue weighted by atomic mass is 10.1. The molecule has 1 N–H and O–H groups in total. The van der Waals surface area contributed by atoms with E-state index in [1.54, 1.807) is 7.11 Å². The second kappa shape index (κ2) is 4.26. The van der Waals surface area contributed by atoms with Gasteiger partial charge in [0.05, 0.1) is 7.11 Å². The quantitative estimate of drug-likeness (QED) is 0.859. The smallest absolute Gasteiger partial charge is 0.134 e. The third-order valence-corrected chi connectivity index (χ3v) is 3.10. The molecular formula is C14H15NO2. The minimum Gasteiger partial charge on any atom is -0.497 e. The first-order valence-corrected chi connectivity index (χ1v) is 5.83. The Morgan fingerprint density at radius 1 is 1.29 bits per heavy atom. The van der Waals surface area contributed by atoms with Crippen LogP contribution >= 0.6 is 0 Å². The molecule has 3 nitrogen and oxygen atoms in total. The monoisotopic (exact) mass is 229 g/mol. The third kappa shape index (κ3) is 1.94. The van der Waals surface area contributed by atoms with Gasteiger partial charge in [0, 0.05) is 30.6 Å². The van der Waals surface area contributed by atoms with E-state index in [1.807, 2.05) is 24.3 Å². The van der Waals surface area contributed by atoms with Gasteiger partial charge in [-0.05, 0) is 18.2 Å². The van der Waals surface area contributed by atoms with Crippen molar-refractivity contribution in [3.8, 4) is 17.1 Å². The number of fused-ring (bicyclic) bond motifs is 1. The van der Waals surface area contributed by atoms with Crippen LogP contribution in [0.2, 0.25) is 0 Å². The van der Waals surface area contributed by atoms with Gasteiger partial charge in [0.25, 0.3) is 0 Å². The van der Waals surface area contributed by atoms with E-state index >= 15 is 0 Å². The maximum Gasteiger partial charge on any atom is 0.134 e. The molecule has 0 aliphatic carbocycles. The molecule has 0 fully saturated rings. The van der Waals surface area contributed by atoms with Gasteiger partial charge in [0.15, 0.2) is 0 Å². The van der Waals surface area contributed by atoms with Gasteiger partial charge in [-0.25, -0.2) is 0 Å². The van der Waals surface area contributed by atoms with E-state index in [9.17, 15) is 0 Å². The van der Waals surface area contributed by atoms with Crippen LogP contribution in [-0.2, 0) is 13.0 Å². The Kier molecular flexibility index (Phi) is 2.61. The Morgan fingerprint density at radius 3 is 3.06 bits per heavy atom. The molecule has 0 amide bonds. The zero-order chi connectivity index (χ0) is 11.7. The van der Waals surface area contributed by atoms with Crippen LogP contribution in [0.5, 0.6) is 5.75 Å². The normalized spacial score (nSPS) is 14.4. The lowest BCUT2D eigenvalue weighted by Gasteiger charge is -2.09. The maximum atomic E-state index is 5.90. The van der Waals surface area contributed by atoms with Gasteiger partial charge in [-0.1, -0.05) is 12.1 Å². The van der Waals surface area contributed by atoms with Crippen molar-refractivity contribution in [3.05, 3.63) is 41.7 Å². The lowest BCUT2D eigenvalue weighted by molar-refractivity contribution is 0.414. The highest BCUT2D eigenvalue weighted by molar-refractivity contribution is 5.61. The van der Waals surface area contributed by atoms with Crippen molar-refractivity contribution in [2.24, 2.45) is 0 Å². The van der Waals surface area contributed by atoms with Crippen molar-refractivity contribution >= 4 is 0 Å². The molecule has 2 heterocycles. The highest BCUT2D eigenvalue weighted by Gasteiger charge is 2.15. The summed E-state index contributed by atoms with van der Waals surface area (Å²) >= 11 is 0. The molecule has 3 rings (SSSR count). The van der Waals surface area contributed by atoms with E-state index in [4.69, 9.17) is 9.15 Å². The summed E-state index contributed by atoms with van der Waals surface area (Å²) in [7, 11) is 1.68. The highest BCUT2D eigenvalue weighted by Crippen LogP contribution is 2.29. The first-order valence-electron chi connectivity index (χ1n) is 5.83. The summed E-state index contributed by atoms with van der Waals surface area (Å²) in [5.74, 6) is 2.90. The molecule has 0 spiro atoms. The first kappa shape index (κ1) is 10.4. The van der Waals surface area contributed by atoms with Crippen LogP contribution in [0.25, 0.3) is 11.3 Å². The fourth-order valence-electron chi connectivity index (χ4n) is 2.17. The van der Waals surface area contributed by atoms with Gasteiger partial charge >= 0.3 is 0 Å². The SMILES string of the molecule is COc1cccc(-c2cc3c(o2)CCNC3)c1. The number of hydrogen-bond donors (Lipinski definition) is 1. The minimum absolute atomic E-state index is 0.856. The number of hydrogen-bond acceptors (Lipinski definition) is 3. The molecule has 2 aromatic rings. The molecule has 1 aliphatic heterocycles. The summed E-state index contributed by atoms with van der Waals surface area (Å²) in [6.45, 7) is 1.90.